The third-order valence-corrected chi connectivity index (χ3v) is 3.62. The van der Waals surface area contributed by atoms with Crippen LogP contribution in [0.4, 0.5) is 4.79 Å². The maximum Gasteiger partial charge on any atom is 0.317 e. The van der Waals surface area contributed by atoms with Gasteiger partial charge in [-0.3, -0.25) is 4.98 Å². The van der Waals surface area contributed by atoms with E-state index in [-0.39, 0.29) is 17.8 Å². The molecule has 0 bridgehead atoms. The highest BCUT2D eigenvalue weighted by Gasteiger charge is 2.15. The van der Waals surface area contributed by atoms with Crippen molar-refractivity contribution >= 4 is 6.03 Å². The van der Waals surface area contributed by atoms with Gasteiger partial charge in [0.25, 0.3) is 0 Å². The van der Waals surface area contributed by atoms with Gasteiger partial charge >= 0.3 is 6.03 Å². The van der Waals surface area contributed by atoms with Crippen LogP contribution in [-0.4, -0.2) is 34.1 Å². The summed E-state index contributed by atoms with van der Waals surface area (Å²) in [5.74, 6) is 0.249. The predicted molar refractivity (Wildman–Crippen MR) is 85.5 cm³/mol. The Balaban J connectivity index is 1.85. The number of carbonyl (C=O) groups is 1. The second-order valence-corrected chi connectivity index (χ2v) is 5.35. The van der Waals surface area contributed by atoms with E-state index in [0.29, 0.717) is 6.54 Å². The number of pyridine rings is 1. The lowest BCUT2D eigenvalue weighted by Gasteiger charge is -2.25. The van der Waals surface area contributed by atoms with Gasteiger partial charge in [0.05, 0.1) is 0 Å². The van der Waals surface area contributed by atoms with Crippen LogP contribution in [0.2, 0.25) is 0 Å². The van der Waals surface area contributed by atoms with Gasteiger partial charge in [0, 0.05) is 32.0 Å². The second-order valence-electron chi connectivity index (χ2n) is 5.35. The standard InChI is InChI=1S/C17H21N3O2/c1-13(10-14-5-7-16(21)8-6-14)20(2)17(22)19-12-15-4-3-9-18-11-15/h3-9,11,13,21H,10,12H2,1-2H3,(H,19,22)/t13-/m0/s1. The van der Waals surface area contributed by atoms with Crippen LogP contribution in [0.25, 0.3) is 0 Å². The highest BCUT2D eigenvalue weighted by atomic mass is 16.3. The molecule has 2 aromatic rings. The molecule has 0 saturated carbocycles. The number of urea groups is 1. The van der Waals surface area contributed by atoms with E-state index in [1.54, 1.807) is 36.5 Å². The highest BCUT2D eigenvalue weighted by molar-refractivity contribution is 5.74. The first-order valence-corrected chi connectivity index (χ1v) is 7.23. The van der Waals surface area contributed by atoms with Gasteiger partial charge in [0.1, 0.15) is 5.75 Å². The minimum atomic E-state index is -0.116. The van der Waals surface area contributed by atoms with Gasteiger partial charge in [0.2, 0.25) is 0 Å². The summed E-state index contributed by atoms with van der Waals surface area (Å²) in [5, 5.41) is 12.2. The molecule has 1 atom stereocenters. The topological polar surface area (TPSA) is 65.5 Å². The van der Waals surface area contributed by atoms with Gasteiger partial charge in [-0.1, -0.05) is 18.2 Å². The molecule has 1 aromatic carbocycles. The summed E-state index contributed by atoms with van der Waals surface area (Å²) in [6.45, 7) is 2.46. The van der Waals surface area contributed by atoms with Gasteiger partial charge in [0.15, 0.2) is 0 Å². The molecule has 5 heteroatoms. The first-order valence-electron chi connectivity index (χ1n) is 7.23. The van der Waals surface area contributed by atoms with Crippen LogP contribution in [0.1, 0.15) is 18.1 Å². The zero-order valence-corrected chi connectivity index (χ0v) is 12.9. The Morgan fingerprint density at radius 2 is 2.00 bits per heavy atom. The third kappa shape index (κ3) is 4.48. The number of phenols is 1. The molecule has 0 fully saturated rings. The summed E-state index contributed by atoms with van der Waals surface area (Å²) in [6.07, 6.45) is 4.18. The van der Waals surface area contributed by atoms with Crippen molar-refractivity contribution < 1.29 is 9.90 Å². The lowest BCUT2D eigenvalue weighted by molar-refractivity contribution is 0.193. The quantitative estimate of drug-likeness (QED) is 0.891. The summed E-state index contributed by atoms with van der Waals surface area (Å²) >= 11 is 0. The molecule has 2 rings (SSSR count). The van der Waals surface area contributed by atoms with E-state index in [4.69, 9.17) is 0 Å². The third-order valence-electron chi connectivity index (χ3n) is 3.62. The zero-order chi connectivity index (χ0) is 15.9. The molecule has 0 spiro atoms. The van der Waals surface area contributed by atoms with E-state index in [9.17, 15) is 9.90 Å². The van der Waals surface area contributed by atoms with Gasteiger partial charge in [-0.25, -0.2) is 4.79 Å². The molecule has 0 aliphatic heterocycles. The van der Waals surface area contributed by atoms with Crippen LogP contribution in [0.5, 0.6) is 5.75 Å². The highest BCUT2D eigenvalue weighted by Crippen LogP contribution is 2.13. The smallest absolute Gasteiger partial charge is 0.317 e. The Hall–Kier alpha value is -2.56. The fourth-order valence-electron chi connectivity index (χ4n) is 2.12. The molecule has 0 aliphatic carbocycles. The molecule has 0 saturated heterocycles. The number of amides is 2. The average Bonchev–Trinajstić information content (AvgIpc) is 2.55. The van der Waals surface area contributed by atoms with Crippen molar-refractivity contribution in [2.75, 3.05) is 7.05 Å². The fourth-order valence-corrected chi connectivity index (χ4v) is 2.12. The molecule has 0 unspecified atom stereocenters. The van der Waals surface area contributed by atoms with Crippen LogP contribution in [0.3, 0.4) is 0 Å². The summed E-state index contributed by atoms with van der Waals surface area (Å²) in [6, 6.07) is 10.8. The molecule has 1 aromatic heterocycles. The van der Waals surface area contributed by atoms with Crippen molar-refractivity contribution in [2.24, 2.45) is 0 Å². The number of likely N-dealkylation sites (N-methyl/N-ethyl adjacent to an activating group) is 1. The number of hydrogen-bond donors (Lipinski definition) is 2. The molecule has 2 amide bonds. The SMILES string of the molecule is C[C@@H](Cc1ccc(O)cc1)N(C)C(=O)NCc1cccnc1. The molecule has 5 nitrogen and oxygen atoms in total. The van der Waals surface area contributed by atoms with E-state index in [2.05, 4.69) is 10.3 Å². The summed E-state index contributed by atoms with van der Waals surface area (Å²) in [5.41, 5.74) is 2.05. The molecule has 0 radical (unpaired) electrons. The first kappa shape index (κ1) is 15.8. The molecular weight excluding hydrogens is 278 g/mol. The van der Waals surface area contributed by atoms with Crippen LogP contribution in [0.15, 0.2) is 48.8 Å². The van der Waals surface area contributed by atoms with E-state index in [0.717, 1.165) is 17.5 Å². The van der Waals surface area contributed by atoms with Gasteiger partial charge in [-0.15, -0.1) is 0 Å². The van der Waals surface area contributed by atoms with Crippen molar-refractivity contribution in [2.45, 2.75) is 25.9 Å². The van der Waals surface area contributed by atoms with Crippen LogP contribution in [-0.2, 0) is 13.0 Å². The fraction of sp³-hybridized carbons (Fsp3) is 0.294. The normalized spacial score (nSPS) is 11.7. The summed E-state index contributed by atoms with van der Waals surface area (Å²) in [4.78, 5) is 17.9. The number of phenolic OH excluding ortho intramolecular Hbond substituents is 1. The van der Waals surface area contributed by atoms with Crippen molar-refractivity contribution in [1.82, 2.24) is 15.2 Å². The van der Waals surface area contributed by atoms with Crippen molar-refractivity contribution in [1.29, 1.82) is 0 Å². The van der Waals surface area contributed by atoms with Crippen molar-refractivity contribution in [3.8, 4) is 5.75 Å². The molecule has 0 aliphatic rings. The number of hydrogen-bond acceptors (Lipinski definition) is 3. The van der Waals surface area contributed by atoms with Crippen LogP contribution >= 0.6 is 0 Å². The van der Waals surface area contributed by atoms with Crippen LogP contribution in [0, 0.1) is 0 Å². The second kappa shape index (κ2) is 7.45. The number of nitrogens with zero attached hydrogens (tertiary/aromatic N) is 2. The molecule has 2 N–H and O–H groups in total. The number of aromatic nitrogens is 1. The average molecular weight is 299 g/mol. The maximum absolute atomic E-state index is 12.2. The summed E-state index contributed by atoms with van der Waals surface area (Å²) in [7, 11) is 1.78. The molecule has 1 heterocycles. The number of aromatic hydroxyl groups is 1. The van der Waals surface area contributed by atoms with Crippen molar-refractivity contribution in [3.63, 3.8) is 0 Å². The molecule has 116 valence electrons. The van der Waals surface area contributed by atoms with Crippen LogP contribution < -0.4 is 5.32 Å². The Labute approximate surface area is 130 Å². The number of rotatable bonds is 5. The number of nitrogens with one attached hydrogen (secondary N) is 1. The lowest BCUT2D eigenvalue weighted by Crippen LogP contribution is -2.42. The van der Waals surface area contributed by atoms with E-state index >= 15 is 0 Å². The van der Waals surface area contributed by atoms with Crippen molar-refractivity contribution in [3.05, 3.63) is 59.9 Å². The van der Waals surface area contributed by atoms with E-state index in [1.807, 2.05) is 31.2 Å². The largest absolute Gasteiger partial charge is 0.508 e. The Morgan fingerprint density at radius 1 is 1.27 bits per heavy atom. The minimum Gasteiger partial charge on any atom is -0.508 e. The Morgan fingerprint density at radius 3 is 2.64 bits per heavy atom. The van der Waals surface area contributed by atoms with E-state index < -0.39 is 0 Å². The molecule has 22 heavy (non-hydrogen) atoms. The Kier molecular flexibility index (Phi) is 5.36. The minimum absolute atomic E-state index is 0.0541. The maximum atomic E-state index is 12.2. The predicted octanol–water partition coefficient (Wildman–Crippen LogP) is 2.56. The monoisotopic (exact) mass is 299 g/mol. The van der Waals surface area contributed by atoms with Gasteiger partial charge < -0.3 is 15.3 Å². The summed E-state index contributed by atoms with van der Waals surface area (Å²) < 4.78 is 0. The molecular formula is C17H21N3O2. The lowest BCUT2D eigenvalue weighted by atomic mass is 10.1. The number of benzene rings is 1. The zero-order valence-electron chi connectivity index (χ0n) is 12.9. The van der Waals surface area contributed by atoms with Gasteiger partial charge in [-0.05, 0) is 42.7 Å². The number of carbonyl (C=O) groups excluding carboxylic acids is 1. The Bertz CT molecular complexity index is 599. The van der Waals surface area contributed by atoms with Gasteiger partial charge in [-0.2, -0.15) is 0 Å². The first-order chi connectivity index (χ1) is 10.6. The van der Waals surface area contributed by atoms with E-state index in [1.165, 1.54) is 0 Å².